The molecule has 0 saturated heterocycles. The largest absolute Gasteiger partial charge is 0.276 e. The smallest absolute Gasteiger partial charge is 0.156 e. The second-order valence-electron chi connectivity index (χ2n) is 7.50. The van der Waals surface area contributed by atoms with Gasteiger partial charge < -0.3 is 0 Å². The Morgan fingerprint density at radius 1 is 1.11 bits per heavy atom. The molecule has 0 spiro atoms. The van der Waals surface area contributed by atoms with Crippen LogP contribution >= 0.6 is 0 Å². The number of nitrogens with zero attached hydrogens (tertiary/aromatic N) is 7. The first-order valence-electron chi connectivity index (χ1n) is 9.44. The van der Waals surface area contributed by atoms with E-state index in [0.717, 1.165) is 47.1 Å². The molecule has 7 heteroatoms. The molecule has 4 aromatic heterocycles. The van der Waals surface area contributed by atoms with Gasteiger partial charge in [0.1, 0.15) is 5.69 Å². The molecule has 1 aliphatic carbocycles. The lowest BCUT2D eigenvalue weighted by atomic mass is 10.1. The summed E-state index contributed by atoms with van der Waals surface area (Å²) in [6.07, 6.45) is 5.22. The summed E-state index contributed by atoms with van der Waals surface area (Å²) in [6, 6.07) is 6.31. The van der Waals surface area contributed by atoms with Crippen molar-refractivity contribution in [2.75, 3.05) is 0 Å². The van der Waals surface area contributed by atoms with Crippen molar-refractivity contribution in [2.24, 2.45) is 7.05 Å². The third-order valence-electron chi connectivity index (χ3n) is 5.42. The van der Waals surface area contributed by atoms with Gasteiger partial charge in [-0.25, -0.2) is 9.50 Å². The Labute approximate surface area is 157 Å². The molecule has 0 aromatic carbocycles. The molecule has 4 aromatic rings. The summed E-state index contributed by atoms with van der Waals surface area (Å²) in [6.45, 7) is 7.01. The Bertz CT molecular complexity index is 1150. The minimum atomic E-state index is 0.472. The molecule has 5 rings (SSSR count). The topological polar surface area (TPSA) is 65.8 Å². The van der Waals surface area contributed by atoms with Crippen molar-refractivity contribution in [1.82, 2.24) is 34.2 Å². The molecule has 1 fully saturated rings. The minimum absolute atomic E-state index is 0.472. The van der Waals surface area contributed by atoms with Crippen molar-refractivity contribution in [1.29, 1.82) is 0 Å². The van der Waals surface area contributed by atoms with Crippen molar-refractivity contribution in [2.45, 2.75) is 45.6 Å². The number of fused-ring (bicyclic) bond motifs is 1. The Balaban J connectivity index is 1.51. The molecular weight excluding hydrogens is 338 g/mol. The maximum Gasteiger partial charge on any atom is 0.156 e. The highest BCUT2D eigenvalue weighted by Gasteiger charge is 2.42. The summed E-state index contributed by atoms with van der Waals surface area (Å²) >= 11 is 0. The first-order chi connectivity index (χ1) is 13.0. The SMILES string of the molecule is CCn1nc([C@@H]2CC2c2cnn(C)c2)cc1-c1cc2nc(C)cc(C)n2n1. The maximum absolute atomic E-state index is 4.88. The summed E-state index contributed by atoms with van der Waals surface area (Å²) < 4.78 is 5.83. The van der Waals surface area contributed by atoms with Gasteiger partial charge >= 0.3 is 0 Å². The molecule has 0 bridgehead atoms. The van der Waals surface area contributed by atoms with Gasteiger partial charge in [0.15, 0.2) is 5.65 Å². The predicted molar refractivity (Wildman–Crippen MR) is 103 cm³/mol. The molecule has 4 heterocycles. The van der Waals surface area contributed by atoms with E-state index >= 15 is 0 Å². The van der Waals surface area contributed by atoms with Crippen LogP contribution in [-0.2, 0) is 13.6 Å². The summed E-state index contributed by atoms with van der Waals surface area (Å²) in [5, 5.41) is 14.0. The highest BCUT2D eigenvalue weighted by Crippen LogP contribution is 2.54. The number of hydrogen-bond acceptors (Lipinski definition) is 4. The van der Waals surface area contributed by atoms with Crippen LogP contribution in [0.3, 0.4) is 0 Å². The molecule has 1 aliphatic rings. The van der Waals surface area contributed by atoms with Gasteiger partial charge in [0.25, 0.3) is 0 Å². The van der Waals surface area contributed by atoms with Gasteiger partial charge in [-0.05, 0) is 50.8 Å². The molecule has 1 unspecified atom stereocenters. The van der Waals surface area contributed by atoms with Crippen molar-refractivity contribution in [3.8, 4) is 11.4 Å². The molecule has 0 amide bonds. The van der Waals surface area contributed by atoms with Gasteiger partial charge in [-0.15, -0.1) is 0 Å². The zero-order valence-electron chi connectivity index (χ0n) is 16.1. The molecule has 1 saturated carbocycles. The Morgan fingerprint density at radius 3 is 2.70 bits per heavy atom. The molecular formula is C20H23N7. The van der Waals surface area contributed by atoms with Crippen LogP contribution in [0.1, 0.15) is 47.8 Å². The predicted octanol–water partition coefficient (Wildman–Crippen LogP) is 3.23. The molecule has 0 N–H and O–H groups in total. The fraction of sp³-hybridized carbons (Fsp3) is 0.400. The lowest BCUT2D eigenvalue weighted by molar-refractivity contribution is 0.650. The number of aryl methyl sites for hydroxylation is 4. The summed E-state index contributed by atoms with van der Waals surface area (Å²) in [5.41, 5.74) is 7.42. The van der Waals surface area contributed by atoms with Crippen LogP contribution in [0.15, 0.2) is 30.6 Å². The van der Waals surface area contributed by atoms with Gasteiger partial charge in [0.2, 0.25) is 0 Å². The van der Waals surface area contributed by atoms with E-state index in [4.69, 9.17) is 10.2 Å². The van der Waals surface area contributed by atoms with Crippen molar-refractivity contribution in [3.63, 3.8) is 0 Å². The van der Waals surface area contributed by atoms with Crippen LogP contribution in [0.4, 0.5) is 0 Å². The van der Waals surface area contributed by atoms with E-state index in [1.54, 1.807) is 0 Å². The fourth-order valence-corrected chi connectivity index (χ4v) is 4.00. The van der Waals surface area contributed by atoms with Crippen LogP contribution in [0.2, 0.25) is 0 Å². The third-order valence-corrected chi connectivity index (χ3v) is 5.42. The lowest BCUT2D eigenvalue weighted by Crippen LogP contribution is -2.00. The summed E-state index contributed by atoms with van der Waals surface area (Å²) in [5.74, 6) is 0.999. The average molecular weight is 361 g/mol. The van der Waals surface area contributed by atoms with Gasteiger partial charge in [0.05, 0.1) is 17.6 Å². The first kappa shape index (κ1) is 16.2. The zero-order chi connectivity index (χ0) is 18.7. The van der Waals surface area contributed by atoms with Crippen LogP contribution in [0.25, 0.3) is 17.0 Å². The fourth-order valence-electron chi connectivity index (χ4n) is 4.00. The highest BCUT2D eigenvalue weighted by atomic mass is 15.3. The molecule has 0 radical (unpaired) electrons. The second-order valence-corrected chi connectivity index (χ2v) is 7.50. The lowest BCUT2D eigenvalue weighted by Gasteiger charge is -2.00. The van der Waals surface area contributed by atoms with E-state index < -0.39 is 0 Å². The molecule has 2 atom stereocenters. The summed E-state index contributed by atoms with van der Waals surface area (Å²) in [4.78, 5) is 4.61. The maximum atomic E-state index is 4.88. The van der Waals surface area contributed by atoms with Gasteiger partial charge in [0, 0.05) is 43.2 Å². The third kappa shape index (κ3) is 2.65. The Kier molecular flexibility index (Phi) is 3.47. The average Bonchev–Trinajstić information content (AvgIpc) is 2.98. The van der Waals surface area contributed by atoms with Gasteiger partial charge in [-0.2, -0.15) is 15.3 Å². The first-order valence-corrected chi connectivity index (χ1v) is 9.44. The van der Waals surface area contributed by atoms with E-state index in [1.807, 2.05) is 29.4 Å². The van der Waals surface area contributed by atoms with E-state index in [1.165, 1.54) is 5.56 Å². The summed E-state index contributed by atoms with van der Waals surface area (Å²) in [7, 11) is 1.96. The van der Waals surface area contributed by atoms with E-state index in [2.05, 4.69) is 53.0 Å². The van der Waals surface area contributed by atoms with Crippen LogP contribution < -0.4 is 0 Å². The standard InChI is InChI=1S/C20H23N7/c1-5-26-19(18-9-20-22-12(2)6-13(3)27(20)24-18)8-17(23-26)16-7-15(16)14-10-21-25(4)11-14/h6,8-11,15-16H,5,7H2,1-4H3/t15?,16-/m1/s1. The van der Waals surface area contributed by atoms with Crippen molar-refractivity contribution >= 4 is 5.65 Å². The number of hydrogen-bond donors (Lipinski definition) is 0. The molecule has 7 nitrogen and oxygen atoms in total. The monoisotopic (exact) mass is 361 g/mol. The minimum Gasteiger partial charge on any atom is -0.276 e. The van der Waals surface area contributed by atoms with Crippen molar-refractivity contribution in [3.05, 3.63) is 53.2 Å². The Morgan fingerprint density at radius 2 is 1.96 bits per heavy atom. The van der Waals surface area contributed by atoms with Crippen LogP contribution in [-0.4, -0.2) is 34.2 Å². The molecule has 27 heavy (non-hydrogen) atoms. The van der Waals surface area contributed by atoms with Crippen LogP contribution in [0.5, 0.6) is 0 Å². The molecule has 0 aliphatic heterocycles. The molecule has 138 valence electrons. The van der Waals surface area contributed by atoms with Crippen LogP contribution in [0, 0.1) is 13.8 Å². The van der Waals surface area contributed by atoms with E-state index in [0.29, 0.717) is 11.8 Å². The Hall–Kier alpha value is -2.96. The quantitative estimate of drug-likeness (QED) is 0.560. The van der Waals surface area contributed by atoms with E-state index in [9.17, 15) is 0 Å². The van der Waals surface area contributed by atoms with Gasteiger partial charge in [-0.3, -0.25) is 9.36 Å². The normalized spacial score (nSPS) is 19.1. The van der Waals surface area contributed by atoms with Gasteiger partial charge in [-0.1, -0.05) is 0 Å². The van der Waals surface area contributed by atoms with E-state index in [-0.39, 0.29) is 0 Å². The number of aromatic nitrogens is 7. The zero-order valence-corrected chi connectivity index (χ0v) is 16.1. The highest BCUT2D eigenvalue weighted by molar-refractivity contribution is 5.62. The number of rotatable bonds is 4. The second kappa shape index (κ2) is 5.77. The van der Waals surface area contributed by atoms with Crippen molar-refractivity contribution < 1.29 is 0 Å².